The van der Waals surface area contributed by atoms with Crippen LogP contribution >= 0.6 is 27.5 Å². The molecule has 0 N–H and O–H groups in total. The van der Waals surface area contributed by atoms with Gasteiger partial charge in [-0.1, -0.05) is 66.1 Å². The van der Waals surface area contributed by atoms with Gasteiger partial charge in [0.1, 0.15) is 5.75 Å². The Hall–Kier alpha value is -0.210. The van der Waals surface area contributed by atoms with Gasteiger partial charge in [-0.2, -0.15) is 0 Å². The van der Waals surface area contributed by atoms with Crippen molar-refractivity contribution in [2.24, 2.45) is 5.92 Å². The first-order chi connectivity index (χ1) is 9.20. The van der Waals surface area contributed by atoms with Crippen molar-refractivity contribution < 1.29 is 4.74 Å². The molecule has 1 fully saturated rings. The van der Waals surface area contributed by atoms with Gasteiger partial charge < -0.3 is 4.74 Å². The second kappa shape index (κ2) is 7.54. The number of alkyl halides is 1. The standard InChI is InChI=1S/C16H22BrClO/c1-19-16-9-8-13(18)11-14(16)15(17)10-12-6-4-2-3-5-7-12/h8-9,11-12,15H,2-7,10H2,1H3. The number of methoxy groups -OCH3 is 1. The molecule has 1 atom stereocenters. The third kappa shape index (κ3) is 4.39. The Bertz CT molecular complexity index is 400. The number of ether oxygens (including phenoxy) is 1. The van der Waals surface area contributed by atoms with Gasteiger partial charge in [0.2, 0.25) is 0 Å². The lowest BCUT2D eigenvalue weighted by Gasteiger charge is -2.20. The normalized spacial score (nSPS) is 18.9. The van der Waals surface area contributed by atoms with Gasteiger partial charge in [0.05, 0.1) is 7.11 Å². The molecular weight excluding hydrogens is 324 g/mol. The molecular formula is C16H22BrClO. The molecule has 3 heteroatoms. The summed E-state index contributed by atoms with van der Waals surface area (Å²) in [6.45, 7) is 0. The zero-order chi connectivity index (χ0) is 13.7. The van der Waals surface area contributed by atoms with E-state index in [9.17, 15) is 0 Å². The molecule has 106 valence electrons. The molecule has 0 aromatic heterocycles. The summed E-state index contributed by atoms with van der Waals surface area (Å²) >= 11 is 9.94. The molecule has 0 spiro atoms. The SMILES string of the molecule is COc1ccc(Cl)cc1C(Br)CC1CCCCCC1. The molecule has 1 saturated carbocycles. The summed E-state index contributed by atoms with van der Waals surface area (Å²) < 4.78 is 5.45. The van der Waals surface area contributed by atoms with E-state index in [1.54, 1.807) is 7.11 Å². The van der Waals surface area contributed by atoms with Crippen LogP contribution in [0.1, 0.15) is 55.3 Å². The number of benzene rings is 1. The molecule has 1 unspecified atom stereocenters. The highest BCUT2D eigenvalue weighted by Gasteiger charge is 2.20. The maximum atomic E-state index is 6.11. The predicted molar refractivity (Wildman–Crippen MR) is 85.5 cm³/mol. The first-order valence-electron chi connectivity index (χ1n) is 7.18. The topological polar surface area (TPSA) is 9.23 Å². The van der Waals surface area contributed by atoms with Crippen LogP contribution in [0.3, 0.4) is 0 Å². The van der Waals surface area contributed by atoms with E-state index >= 15 is 0 Å². The lowest BCUT2D eigenvalue weighted by Crippen LogP contribution is -2.04. The summed E-state index contributed by atoms with van der Waals surface area (Å²) in [4.78, 5) is 0.337. The highest BCUT2D eigenvalue weighted by molar-refractivity contribution is 9.09. The van der Waals surface area contributed by atoms with Gasteiger partial charge in [-0.3, -0.25) is 0 Å². The van der Waals surface area contributed by atoms with E-state index in [0.29, 0.717) is 4.83 Å². The van der Waals surface area contributed by atoms with Gasteiger partial charge >= 0.3 is 0 Å². The number of rotatable bonds is 4. The maximum absolute atomic E-state index is 6.11. The molecule has 1 aliphatic rings. The smallest absolute Gasteiger partial charge is 0.123 e. The summed E-state index contributed by atoms with van der Waals surface area (Å²) in [5.41, 5.74) is 1.18. The minimum Gasteiger partial charge on any atom is -0.496 e. The summed E-state index contributed by atoms with van der Waals surface area (Å²) in [6, 6.07) is 5.87. The van der Waals surface area contributed by atoms with Gasteiger partial charge in [-0.05, 0) is 30.5 Å². The minimum atomic E-state index is 0.337. The molecule has 0 bridgehead atoms. The minimum absolute atomic E-state index is 0.337. The predicted octanol–water partition coefficient (Wildman–Crippen LogP) is 6.15. The fraction of sp³-hybridized carbons (Fsp3) is 0.625. The Labute approximate surface area is 129 Å². The van der Waals surface area contributed by atoms with Crippen molar-refractivity contribution >= 4 is 27.5 Å². The Morgan fingerprint density at radius 3 is 2.58 bits per heavy atom. The van der Waals surface area contributed by atoms with E-state index < -0.39 is 0 Å². The van der Waals surface area contributed by atoms with Crippen molar-refractivity contribution in [3.8, 4) is 5.75 Å². The van der Waals surface area contributed by atoms with Crippen molar-refractivity contribution in [1.29, 1.82) is 0 Å². The Morgan fingerprint density at radius 2 is 1.95 bits per heavy atom. The number of hydrogen-bond donors (Lipinski definition) is 0. The van der Waals surface area contributed by atoms with Gasteiger partial charge in [0.15, 0.2) is 0 Å². The molecule has 0 heterocycles. The third-order valence-corrected chi connectivity index (χ3v) is 5.15. The van der Waals surface area contributed by atoms with Crippen LogP contribution in [0.2, 0.25) is 5.02 Å². The molecule has 1 aromatic rings. The van der Waals surface area contributed by atoms with Gasteiger partial charge in [-0.25, -0.2) is 0 Å². The van der Waals surface area contributed by atoms with Crippen molar-refractivity contribution in [1.82, 2.24) is 0 Å². The Morgan fingerprint density at radius 1 is 1.26 bits per heavy atom. The van der Waals surface area contributed by atoms with Crippen LogP contribution in [-0.4, -0.2) is 7.11 Å². The van der Waals surface area contributed by atoms with Crippen molar-refractivity contribution in [2.75, 3.05) is 7.11 Å². The van der Waals surface area contributed by atoms with Crippen LogP contribution in [0.5, 0.6) is 5.75 Å². The summed E-state index contributed by atoms with van der Waals surface area (Å²) in [5.74, 6) is 1.76. The molecule has 1 nitrogen and oxygen atoms in total. The molecule has 2 rings (SSSR count). The van der Waals surface area contributed by atoms with Crippen molar-refractivity contribution in [2.45, 2.75) is 49.8 Å². The van der Waals surface area contributed by atoms with Gasteiger partial charge in [0, 0.05) is 15.4 Å². The van der Waals surface area contributed by atoms with E-state index in [4.69, 9.17) is 16.3 Å². The summed E-state index contributed by atoms with van der Waals surface area (Å²) in [5, 5.41) is 0.779. The highest BCUT2D eigenvalue weighted by atomic mass is 79.9. The monoisotopic (exact) mass is 344 g/mol. The van der Waals surface area contributed by atoms with Crippen LogP contribution in [0.25, 0.3) is 0 Å². The van der Waals surface area contributed by atoms with Crippen LogP contribution in [0.15, 0.2) is 18.2 Å². The summed E-state index contributed by atoms with van der Waals surface area (Å²) in [7, 11) is 1.72. The average molecular weight is 346 g/mol. The molecule has 0 radical (unpaired) electrons. The average Bonchev–Trinajstić information content (AvgIpc) is 2.67. The van der Waals surface area contributed by atoms with Gasteiger partial charge in [0.25, 0.3) is 0 Å². The van der Waals surface area contributed by atoms with Crippen LogP contribution in [0.4, 0.5) is 0 Å². The fourth-order valence-electron chi connectivity index (χ4n) is 2.97. The van der Waals surface area contributed by atoms with Crippen LogP contribution < -0.4 is 4.74 Å². The second-order valence-corrected chi connectivity index (χ2v) is 6.99. The van der Waals surface area contributed by atoms with E-state index in [1.165, 1.54) is 50.5 Å². The zero-order valence-corrected chi connectivity index (χ0v) is 13.8. The van der Waals surface area contributed by atoms with E-state index in [0.717, 1.165) is 16.7 Å². The zero-order valence-electron chi connectivity index (χ0n) is 11.5. The molecule has 0 saturated heterocycles. The fourth-order valence-corrected chi connectivity index (χ4v) is 4.04. The maximum Gasteiger partial charge on any atom is 0.123 e. The van der Waals surface area contributed by atoms with Crippen LogP contribution in [-0.2, 0) is 0 Å². The second-order valence-electron chi connectivity index (χ2n) is 5.45. The van der Waals surface area contributed by atoms with Crippen LogP contribution in [0, 0.1) is 5.92 Å². The first-order valence-corrected chi connectivity index (χ1v) is 8.47. The first kappa shape index (κ1) is 15.2. The lowest BCUT2D eigenvalue weighted by molar-refractivity contribution is 0.397. The largest absolute Gasteiger partial charge is 0.496 e. The molecule has 1 aromatic carbocycles. The number of hydrogen-bond acceptors (Lipinski definition) is 1. The lowest BCUT2D eigenvalue weighted by atomic mass is 9.92. The quantitative estimate of drug-likeness (QED) is 0.470. The van der Waals surface area contributed by atoms with Crippen molar-refractivity contribution in [3.63, 3.8) is 0 Å². The summed E-state index contributed by atoms with van der Waals surface area (Å²) in [6.07, 6.45) is 9.49. The number of halogens is 2. The third-order valence-electron chi connectivity index (χ3n) is 4.04. The van der Waals surface area contributed by atoms with E-state index in [2.05, 4.69) is 15.9 Å². The van der Waals surface area contributed by atoms with Gasteiger partial charge in [-0.15, -0.1) is 0 Å². The molecule has 0 amide bonds. The molecule has 1 aliphatic carbocycles. The molecule has 19 heavy (non-hydrogen) atoms. The Kier molecular flexibility index (Phi) is 6.03. The van der Waals surface area contributed by atoms with E-state index in [-0.39, 0.29) is 0 Å². The Balaban J connectivity index is 2.05. The highest BCUT2D eigenvalue weighted by Crippen LogP contribution is 2.40. The molecule has 0 aliphatic heterocycles. The van der Waals surface area contributed by atoms with Crippen molar-refractivity contribution in [3.05, 3.63) is 28.8 Å². The van der Waals surface area contributed by atoms with E-state index in [1.807, 2.05) is 18.2 Å².